The molecule has 1 aromatic rings. The molecule has 1 N–H and O–H groups in total. The first kappa shape index (κ1) is 17.4. The SMILES string of the molecule is CC(C)c1ccc(CCC(=O)NCC2CN3CCCC3CO2)cc1. The fourth-order valence-electron chi connectivity index (χ4n) is 3.65. The fraction of sp³-hybridized carbons (Fsp3) is 0.650. The van der Waals surface area contributed by atoms with Crippen molar-refractivity contribution in [2.75, 3.05) is 26.2 Å². The van der Waals surface area contributed by atoms with Gasteiger partial charge in [0.25, 0.3) is 0 Å². The van der Waals surface area contributed by atoms with Crippen LogP contribution in [-0.4, -0.2) is 49.2 Å². The van der Waals surface area contributed by atoms with E-state index in [0.29, 0.717) is 24.9 Å². The zero-order chi connectivity index (χ0) is 16.9. The van der Waals surface area contributed by atoms with Gasteiger partial charge in [-0.15, -0.1) is 0 Å². The second-order valence-electron chi connectivity index (χ2n) is 7.45. The van der Waals surface area contributed by atoms with E-state index in [-0.39, 0.29) is 12.0 Å². The van der Waals surface area contributed by atoms with E-state index in [1.807, 2.05) is 0 Å². The highest BCUT2D eigenvalue weighted by Gasteiger charge is 2.32. The van der Waals surface area contributed by atoms with Crippen LogP contribution in [0.2, 0.25) is 0 Å². The number of amides is 1. The van der Waals surface area contributed by atoms with E-state index < -0.39 is 0 Å². The zero-order valence-electron chi connectivity index (χ0n) is 15.0. The van der Waals surface area contributed by atoms with Crippen molar-refractivity contribution >= 4 is 5.91 Å². The predicted octanol–water partition coefficient (Wildman–Crippen LogP) is 2.72. The lowest BCUT2D eigenvalue weighted by molar-refractivity contribution is -0.122. The molecule has 4 nitrogen and oxygen atoms in total. The predicted molar refractivity (Wildman–Crippen MR) is 96.2 cm³/mol. The smallest absolute Gasteiger partial charge is 0.220 e. The van der Waals surface area contributed by atoms with E-state index in [1.165, 1.54) is 30.5 Å². The molecule has 2 unspecified atom stereocenters. The zero-order valence-corrected chi connectivity index (χ0v) is 15.0. The molecule has 24 heavy (non-hydrogen) atoms. The first-order valence-corrected chi connectivity index (χ1v) is 9.33. The summed E-state index contributed by atoms with van der Waals surface area (Å²) in [6, 6.07) is 9.23. The average Bonchev–Trinajstić information content (AvgIpc) is 3.06. The molecule has 2 aliphatic heterocycles. The number of hydrogen-bond acceptors (Lipinski definition) is 3. The van der Waals surface area contributed by atoms with Crippen molar-refractivity contribution in [1.82, 2.24) is 10.2 Å². The second-order valence-corrected chi connectivity index (χ2v) is 7.45. The highest BCUT2D eigenvalue weighted by molar-refractivity contribution is 5.76. The van der Waals surface area contributed by atoms with Gasteiger partial charge in [0.1, 0.15) is 0 Å². The van der Waals surface area contributed by atoms with Gasteiger partial charge in [-0.1, -0.05) is 38.1 Å². The molecule has 3 rings (SSSR count). The number of morpholine rings is 1. The Kier molecular flexibility index (Phi) is 5.90. The van der Waals surface area contributed by atoms with Crippen LogP contribution < -0.4 is 5.32 Å². The van der Waals surface area contributed by atoms with Crippen LogP contribution in [-0.2, 0) is 16.0 Å². The number of carbonyl (C=O) groups excluding carboxylic acids is 1. The first-order valence-electron chi connectivity index (χ1n) is 9.33. The van der Waals surface area contributed by atoms with E-state index in [4.69, 9.17) is 4.74 Å². The summed E-state index contributed by atoms with van der Waals surface area (Å²) in [4.78, 5) is 14.6. The lowest BCUT2D eigenvalue weighted by Crippen LogP contribution is -2.50. The Morgan fingerprint density at radius 3 is 2.88 bits per heavy atom. The molecule has 1 amide bonds. The van der Waals surface area contributed by atoms with Gasteiger partial charge in [0.2, 0.25) is 5.91 Å². The van der Waals surface area contributed by atoms with Gasteiger partial charge in [-0.3, -0.25) is 9.69 Å². The Labute approximate surface area is 145 Å². The number of aryl methyl sites for hydroxylation is 1. The van der Waals surface area contributed by atoms with Crippen LogP contribution in [0.3, 0.4) is 0 Å². The Balaban J connectivity index is 1.36. The molecule has 0 aliphatic carbocycles. The fourth-order valence-corrected chi connectivity index (χ4v) is 3.65. The van der Waals surface area contributed by atoms with Crippen LogP contribution in [0, 0.1) is 0 Å². The maximum Gasteiger partial charge on any atom is 0.220 e. The minimum atomic E-state index is 0.120. The number of fused-ring (bicyclic) bond motifs is 1. The summed E-state index contributed by atoms with van der Waals surface area (Å²) in [6.45, 7) is 7.99. The molecule has 4 heteroatoms. The van der Waals surface area contributed by atoms with E-state index >= 15 is 0 Å². The van der Waals surface area contributed by atoms with Crippen LogP contribution in [0.25, 0.3) is 0 Å². The lowest BCUT2D eigenvalue weighted by Gasteiger charge is -2.35. The van der Waals surface area contributed by atoms with E-state index in [0.717, 1.165) is 19.6 Å². The Morgan fingerprint density at radius 2 is 2.12 bits per heavy atom. The average molecular weight is 330 g/mol. The molecule has 0 saturated carbocycles. The third-order valence-corrected chi connectivity index (χ3v) is 5.28. The topological polar surface area (TPSA) is 41.6 Å². The van der Waals surface area contributed by atoms with Gasteiger partial charge in [-0.2, -0.15) is 0 Å². The van der Waals surface area contributed by atoms with Gasteiger partial charge in [-0.25, -0.2) is 0 Å². The van der Waals surface area contributed by atoms with Crippen molar-refractivity contribution < 1.29 is 9.53 Å². The third kappa shape index (κ3) is 4.58. The van der Waals surface area contributed by atoms with Gasteiger partial charge < -0.3 is 10.1 Å². The minimum Gasteiger partial charge on any atom is -0.373 e. The summed E-state index contributed by atoms with van der Waals surface area (Å²) < 4.78 is 5.88. The number of rotatable bonds is 6. The quantitative estimate of drug-likeness (QED) is 0.872. The van der Waals surface area contributed by atoms with Crippen molar-refractivity contribution in [2.45, 2.75) is 57.6 Å². The van der Waals surface area contributed by atoms with E-state index in [2.05, 4.69) is 48.3 Å². The van der Waals surface area contributed by atoms with E-state index in [1.54, 1.807) is 0 Å². The van der Waals surface area contributed by atoms with Crippen LogP contribution in [0.5, 0.6) is 0 Å². The highest BCUT2D eigenvalue weighted by Crippen LogP contribution is 2.22. The van der Waals surface area contributed by atoms with Crippen LogP contribution in [0.15, 0.2) is 24.3 Å². The van der Waals surface area contributed by atoms with Crippen molar-refractivity contribution in [3.05, 3.63) is 35.4 Å². The van der Waals surface area contributed by atoms with E-state index in [9.17, 15) is 4.79 Å². The van der Waals surface area contributed by atoms with Gasteiger partial charge in [-0.05, 0) is 42.9 Å². The molecule has 1 aromatic carbocycles. The molecule has 0 bridgehead atoms. The Bertz CT molecular complexity index is 541. The summed E-state index contributed by atoms with van der Waals surface area (Å²) >= 11 is 0. The molecule has 0 spiro atoms. The van der Waals surface area contributed by atoms with Crippen LogP contribution in [0.4, 0.5) is 0 Å². The molecule has 132 valence electrons. The van der Waals surface area contributed by atoms with Crippen molar-refractivity contribution in [3.63, 3.8) is 0 Å². The van der Waals surface area contributed by atoms with Gasteiger partial charge in [0.15, 0.2) is 0 Å². The number of hydrogen-bond donors (Lipinski definition) is 1. The number of benzene rings is 1. The first-order chi connectivity index (χ1) is 11.6. The summed E-state index contributed by atoms with van der Waals surface area (Å²) in [6.07, 6.45) is 4.02. The van der Waals surface area contributed by atoms with Gasteiger partial charge in [0, 0.05) is 25.6 Å². The number of nitrogens with one attached hydrogen (secondary N) is 1. The Hall–Kier alpha value is -1.39. The summed E-state index contributed by atoms with van der Waals surface area (Å²) in [5, 5.41) is 3.04. The molecule has 2 heterocycles. The summed E-state index contributed by atoms with van der Waals surface area (Å²) in [7, 11) is 0. The van der Waals surface area contributed by atoms with Crippen LogP contribution in [0.1, 0.15) is 50.2 Å². The molecule has 0 radical (unpaired) electrons. The lowest BCUT2D eigenvalue weighted by atomic mass is 10.0. The maximum absolute atomic E-state index is 12.1. The van der Waals surface area contributed by atoms with Crippen molar-refractivity contribution in [2.24, 2.45) is 0 Å². The van der Waals surface area contributed by atoms with Gasteiger partial charge >= 0.3 is 0 Å². The second kappa shape index (κ2) is 8.13. The highest BCUT2D eigenvalue weighted by atomic mass is 16.5. The van der Waals surface area contributed by atoms with Crippen molar-refractivity contribution in [3.8, 4) is 0 Å². The standard InChI is InChI=1S/C20H30N2O2/c1-15(2)17-8-5-16(6-9-17)7-10-20(23)21-12-19-13-22-11-3-4-18(22)14-24-19/h5-6,8-9,15,18-19H,3-4,7,10-14H2,1-2H3,(H,21,23). The molecule has 2 saturated heterocycles. The third-order valence-electron chi connectivity index (χ3n) is 5.28. The monoisotopic (exact) mass is 330 g/mol. The summed E-state index contributed by atoms with van der Waals surface area (Å²) in [5.41, 5.74) is 2.57. The molecule has 2 fully saturated rings. The molecule has 2 atom stereocenters. The maximum atomic E-state index is 12.1. The Morgan fingerprint density at radius 1 is 1.33 bits per heavy atom. The molecular formula is C20H30N2O2. The number of nitrogens with zero attached hydrogens (tertiary/aromatic N) is 1. The number of carbonyl (C=O) groups is 1. The molecule has 0 aromatic heterocycles. The molecule has 2 aliphatic rings. The largest absolute Gasteiger partial charge is 0.373 e. The molecular weight excluding hydrogens is 300 g/mol. The van der Waals surface area contributed by atoms with Crippen molar-refractivity contribution in [1.29, 1.82) is 0 Å². The van der Waals surface area contributed by atoms with Crippen LogP contribution >= 0.6 is 0 Å². The normalized spacial score (nSPS) is 24.1. The number of ether oxygens (including phenoxy) is 1. The van der Waals surface area contributed by atoms with Gasteiger partial charge in [0.05, 0.1) is 12.7 Å². The summed E-state index contributed by atoms with van der Waals surface area (Å²) in [5.74, 6) is 0.670. The minimum absolute atomic E-state index is 0.120.